The second-order valence-electron chi connectivity index (χ2n) is 4.26. The number of ether oxygens (including phenoxy) is 2. The van der Waals surface area contributed by atoms with Crippen LogP contribution >= 0.6 is 15.9 Å². The Morgan fingerprint density at radius 1 is 1.18 bits per heavy atom. The van der Waals surface area contributed by atoms with E-state index in [0.29, 0.717) is 17.1 Å². The fraction of sp³-hybridized carbons (Fsp3) is 0.0588. The number of nitriles is 1. The second kappa shape index (κ2) is 7.43. The van der Waals surface area contributed by atoms with Crippen LogP contribution in [0.5, 0.6) is 11.5 Å². The number of rotatable bonds is 4. The third-order valence-electron chi connectivity index (χ3n) is 2.80. The summed E-state index contributed by atoms with van der Waals surface area (Å²) in [6.07, 6.45) is 1.44. The number of para-hydroxylation sites is 1. The highest BCUT2D eigenvalue weighted by molar-refractivity contribution is 9.10. The molecule has 0 bridgehead atoms. The summed E-state index contributed by atoms with van der Waals surface area (Å²) in [6, 6.07) is 15.7. The first kappa shape index (κ1) is 15.8. The molecule has 0 saturated carbocycles. The van der Waals surface area contributed by atoms with Crippen molar-refractivity contribution in [3.05, 3.63) is 64.1 Å². The lowest BCUT2D eigenvalue weighted by molar-refractivity contribution is -0.129. The number of hydrogen-bond donors (Lipinski definition) is 0. The van der Waals surface area contributed by atoms with Crippen molar-refractivity contribution in [2.24, 2.45) is 0 Å². The number of esters is 1. The fourth-order valence-electron chi connectivity index (χ4n) is 1.74. The van der Waals surface area contributed by atoms with Crippen LogP contribution in [0.4, 0.5) is 0 Å². The molecule has 110 valence electrons. The summed E-state index contributed by atoms with van der Waals surface area (Å²) in [4.78, 5) is 12.1. The monoisotopic (exact) mass is 357 g/mol. The van der Waals surface area contributed by atoms with Gasteiger partial charge in [0.15, 0.2) is 0 Å². The first-order valence-electron chi connectivity index (χ1n) is 6.36. The predicted molar refractivity (Wildman–Crippen MR) is 86.4 cm³/mol. The van der Waals surface area contributed by atoms with E-state index in [1.54, 1.807) is 42.5 Å². The molecule has 0 heterocycles. The SMILES string of the molecule is COc1ccccc1/C=C(\C#N)C(=O)Oc1ccc(Br)cc1. The molecule has 0 aliphatic carbocycles. The van der Waals surface area contributed by atoms with Crippen LogP contribution < -0.4 is 9.47 Å². The van der Waals surface area contributed by atoms with Gasteiger partial charge in [-0.3, -0.25) is 0 Å². The summed E-state index contributed by atoms with van der Waals surface area (Å²) in [7, 11) is 1.53. The van der Waals surface area contributed by atoms with E-state index in [9.17, 15) is 10.1 Å². The number of benzene rings is 2. The van der Waals surface area contributed by atoms with Crippen molar-refractivity contribution in [2.75, 3.05) is 7.11 Å². The van der Waals surface area contributed by atoms with Gasteiger partial charge in [0.05, 0.1) is 7.11 Å². The smallest absolute Gasteiger partial charge is 0.354 e. The molecule has 5 heteroatoms. The van der Waals surface area contributed by atoms with Gasteiger partial charge in [-0.1, -0.05) is 34.1 Å². The van der Waals surface area contributed by atoms with Gasteiger partial charge in [-0.25, -0.2) is 4.79 Å². The number of carbonyl (C=O) groups is 1. The van der Waals surface area contributed by atoms with Crippen LogP contribution in [0.2, 0.25) is 0 Å². The van der Waals surface area contributed by atoms with Crippen LogP contribution in [0.15, 0.2) is 58.6 Å². The summed E-state index contributed by atoms with van der Waals surface area (Å²) >= 11 is 3.30. The first-order valence-corrected chi connectivity index (χ1v) is 7.16. The summed E-state index contributed by atoms with van der Waals surface area (Å²) in [6.45, 7) is 0. The highest BCUT2D eigenvalue weighted by atomic mass is 79.9. The van der Waals surface area contributed by atoms with E-state index >= 15 is 0 Å². The molecular formula is C17H12BrNO3. The van der Waals surface area contributed by atoms with E-state index in [4.69, 9.17) is 9.47 Å². The molecule has 0 atom stereocenters. The van der Waals surface area contributed by atoms with Crippen molar-refractivity contribution in [2.45, 2.75) is 0 Å². The molecule has 0 radical (unpaired) electrons. The molecule has 0 N–H and O–H groups in total. The molecule has 2 rings (SSSR count). The lowest BCUT2D eigenvalue weighted by Gasteiger charge is -2.06. The van der Waals surface area contributed by atoms with Crippen molar-refractivity contribution in [1.82, 2.24) is 0 Å². The summed E-state index contributed by atoms with van der Waals surface area (Å²) in [5, 5.41) is 9.18. The zero-order valence-electron chi connectivity index (χ0n) is 11.7. The molecule has 4 nitrogen and oxygen atoms in total. The van der Waals surface area contributed by atoms with Gasteiger partial charge in [0.25, 0.3) is 0 Å². The van der Waals surface area contributed by atoms with Crippen molar-refractivity contribution in [1.29, 1.82) is 5.26 Å². The molecule has 0 aromatic heterocycles. The van der Waals surface area contributed by atoms with Crippen LogP contribution in [0.25, 0.3) is 6.08 Å². The van der Waals surface area contributed by atoms with Gasteiger partial charge in [0, 0.05) is 10.0 Å². The number of nitrogens with zero attached hydrogens (tertiary/aromatic N) is 1. The van der Waals surface area contributed by atoms with Gasteiger partial charge >= 0.3 is 5.97 Å². The molecule has 2 aromatic rings. The van der Waals surface area contributed by atoms with Gasteiger partial charge in [0.1, 0.15) is 23.1 Å². The van der Waals surface area contributed by atoms with Gasteiger partial charge in [-0.15, -0.1) is 0 Å². The highest BCUT2D eigenvalue weighted by Crippen LogP contribution is 2.22. The molecule has 0 spiro atoms. The zero-order chi connectivity index (χ0) is 15.9. The topological polar surface area (TPSA) is 59.3 Å². The summed E-state index contributed by atoms with van der Waals surface area (Å²) in [5.41, 5.74) is 0.529. The average molecular weight is 358 g/mol. The molecule has 0 saturated heterocycles. The Labute approximate surface area is 136 Å². The number of halogens is 1. The van der Waals surface area contributed by atoms with Crippen LogP contribution in [0.3, 0.4) is 0 Å². The molecule has 0 unspecified atom stereocenters. The zero-order valence-corrected chi connectivity index (χ0v) is 13.3. The Hall–Kier alpha value is -2.58. The maximum absolute atomic E-state index is 12.1. The van der Waals surface area contributed by atoms with Crippen LogP contribution in [-0.4, -0.2) is 13.1 Å². The largest absolute Gasteiger partial charge is 0.496 e. The number of methoxy groups -OCH3 is 1. The van der Waals surface area contributed by atoms with E-state index in [2.05, 4.69) is 15.9 Å². The second-order valence-corrected chi connectivity index (χ2v) is 5.17. The van der Waals surface area contributed by atoms with E-state index < -0.39 is 5.97 Å². The average Bonchev–Trinajstić information content (AvgIpc) is 2.55. The van der Waals surface area contributed by atoms with Crippen LogP contribution in [0.1, 0.15) is 5.56 Å². The van der Waals surface area contributed by atoms with E-state index in [1.165, 1.54) is 13.2 Å². The van der Waals surface area contributed by atoms with Crippen LogP contribution in [-0.2, 0) is 4.79 Å². The fourth-order valence-corrected chi connectivity index (χ4v) is 2.01. The minimum atomic E-state index is -0.712. The van der Waals surface area contributed by atoms with Crippen molar-refractivity contribution in [3.63, 3.8) is 0 Å². The molecule has 0 aliphatic rings. The Kier molecular flexibility index (Phi) is 5.34. The number of carbonyl (C=O) groups excluding carboxylic acids is 1. The molecule has 0 fully saturated rings. The Bertz CT molecular complexity index is 745. The Morgan fingerprint density at radius 2 is 1.86 bits per heavy atom. The van der Waals surface area contributed by atoms with Gasteiger partial charge < -0.3 is 9.47 Å². The lowest BCUT2D eigenvalue weighted by atomic mass is 10.1. The van der Waals surface area contributed by atoms with Crippen molar-refractivity contribution in [3.8, 4) is 17.6 Å². The molecular weight excluding hydrogens is 346 g/mol. The molecule has 2 aromatic carbocycles. The number of hydrogen-bond acceptors (Lipinski definition) is 4. The Morgan fingerprint density at radius 3 is 2.50 bits per heavy atom. The molecule has 22 heavy (non-hydrogen) atoms. The van der Waals surface area contributed by atoms with E-state index in [0.717, 1.165) is 4.47 Å². The normalized spacial score (nSPS) is 10.7. The van der Waals surface area contributed by atoms with Gasteiger partial charge in [-0.05, 0) is 36.4 Å². The summed E-state index contributed by atoms with van der Waals surface area (Å²) in [5.74, 6) is 0.233. The van der Waals surface area contributed by atoms with Crippen LogP contribution in [0, 0.1) is 11.3 Å². The highest BCUT2D eigenvalue weighted by Gasteiger charge is 2.13. The maximum Gasteiger partial charge on any atom is 0.354 e. The minimum Gasteiger partial charge on any atom is -0.496 e. The van der Waals surface area contributed by atoms with Crippen molar-refractivity contribution < 1.29 is 14.3 Å². The molecule has 0 aliphatic heterocycles. The predicted octanol–water partition coefficient (Wildman–Crippen LogP) is 3.97. The quantitative estimate of drug-likeness (QED) is 0.359. The maximum atomic E-state index is 12.1. The lowest BCUT2D eigenvalue weighted by Crippen LogP contribution is -2.10. The minimum absolute atomic E-state index is 0.104. The molecule has 0 amide bonds. The third kappa shape index (κ3) is 3.96. The Balaban J connectivity index is 2.24. The van der Waals surface area contributed by atoms with Gasteiger partial charge in [-0.2, -0.15) is 5.26 Å². The first-order chi connectivity index (χ1) is 10.6. The third-order valence-corrected chi connectivity index (χ3v) is 3.33. The van der Waals surface area contributed by atoms with E-state index in [1.807, 2.05) is 12.1 Å². The standard InChI is InChI=1S/C17H12BrNO3/c1-21-16-5-3-2-4-12(16)10-13(11-19)17(20)22-15-8-6-14(18)7-9-15/h2-10H,1H3/b13-10+. The van der Waals surface area contributed by atoms with E-state index in [-0.39, 0.29) is 5.57 Å². The summed E-state index contributed by atoms with van der Waals surface area (Å²) < 4.78 is 11.2. The van der Waals surface area contributed by atoms with Crippen molar-refractivity contribution >= 4 is 28.0 Å². The van der Waals surface area contributed by atoms with Gasteiger partial charge in [0.2, 0.25) is 0 Å².